The zero-order valence-corrected chi connectivity index (χ0v) is 7.28. The van der Waals surface area contributed by atoms with Gasteiger partial charge in [-0.15, -0.1) is 0 Å². The second-order valence-electron chi connectivity index (χ2n) is 2.37. The molecule has 0 bridgehead atoms. The molecule has 0 aliphatic rings. The van der Waals surface area contributed by atoms with Gasteiger partial charge in [-0.25, -0.2) is 8.42 Å². The fraction of sp³-hybridized carbons (Fsp3) is 0.600. The molecule has 0 aliphatic heterocycles. The van der Waals surface area contributed by atoms with Crippen LogP contribution in [0.25, 0.3) is 1.43 Å². The van der Waals surface area contributed by atoms with E-state index in [4.69, 9.17) is 12.3 Å². The predicted octanol–water partition coefficient (Wildman–Crippen LogP) is -2.10. The lowest BCUT2D eigenvalue weighted by molar-refractivity contribution is -0.138. The van der Waals surface area contributed by atoms with E-state index in [1.807, 2.05) is 0 Å². The van der Waals surface area contributed by atoms with Crippen molar-refractivity contribution in [2.45, 2.75) is 6.04 Å². The first kappa shape index (κ1) is 9.93. The smallest absolute Gasteiger partial charge is 0.321 e. The Labute approximate surface area is 75.6 Å². The summed E-state index contributed by atoms with van der Waals surface area (Å²) in [7, 11) is -3.94. The van der Waals surface area contributed by atoms with Gasteiger partial charge in [-0.05, 0) is 0 Å². The van der Waals surface area contributed by atoms with E-state index < -0.39 is 39.3 Å². The number of rotatable bonds is 5. The van der Waals surface area contributed by atoms with E-state index in [1.54, 1.807) is 0 Å². The molecule has 0 rings (SSSR count). The van der Waals surface area contributed by atoms with Crippen molar-refractivity contribution < 1.29 is 28.2 Å². The number of carbonyl (C=O) groups is 2. The summed E-state index contributed by atoms with van der Waals surface area (Å²) >= 11 is 0. The Hall–Kier alpha value is -1.15. The third-order valence-corrected chi connectivity index (χ3v) is 2.63. The van der Waals surface area contributed by atoms with E-state index >= 15 is 0 Å². The van der Waals surface area contributed by atoms with Crippen LogP contribution in [0.4, 0.5) is 0 Å². The predicted molar refractivity (Wildman–Crippen MR) is 41.9 cm³/mol. The Kier molecular flexibility index (Phi) is 3.20. The highest BCUT2D eigenvalue weighted by molar-refractivity contribution is 7.92. The van der Waals surface area contributed by atoms with Gasteiger partial charge in [0.1, 0.15) is 11.8 Å². The molecule has 0 amide bonds. The lowest BCUT2D eigenvalue weighted by Crippen LogP contribution is -2.38. The number of carboxylic acids is 2. The minimum Gasteiger partial charge on any atom is -0.480 e. The van der Waals surface area contributed by atoms with Crippen molar-refractivity contribution >= 4 is 21.8 Å². The number of hydrogen-bond acceptors (Lipinski definition) is 6. The summed E-state index contributed by atoms with van der Waals surface area (Å²) in [4.78, 5) is 20.6. The van der Waals surface area contributed by atoms with Gasteiger partial charge in [0.2, 0.25) is 0 Å². The molecule has 13 heavy (non-hydrogen) atoms. The number of hydrogen-bond donors (Lipinski definition) is 3. The van der Waals surface area contributed by atoms with Gasteiger partial charge in [-0.1, -0.05) is 0 Å². The van der Waals surface area contributed by atoms with Gasteiger partial charge >= 0.3 is 11.9 Å². The topological polar surface area (TPSA) is 135 Å². The molecular formula is C5H9NO6S. The van der Waals surface area contributed by atoms with Crippen LogP contribution in [0.15, 0.2) is 0 Å². The quantitative estimate of drug-likeness (QED) is 0.475. The van der Waals surface area contributed by atoms with E-state index in [1.165, 1.54) is 0 Å². The zero-order valence-electron chi connectivity index (χ0n) is 7.47. The molecule has 7 nitrogen and oxygen atoms in total. The highest BCUT2D eigenvalue weighted by Gasteiger charge is 2.23. The Morgan fingerprint density at radius 3 is 2.46 bits per heavy atom. The summed E-state index contributed by atoms with van der Waals surface area (Å²) < 4.78 is 28.0. The van der Waals surface area contributed by atoms with Crippen molar-refractivity contribution in [2.24, 2.45) is 5.73 Å². The first-order valence-corrected chi connectivity index (χ1v) is 4.95. The summed E-state index contributed by atoms with van der Waals surface area (Å²) in [6.45, 7) is 0. The van der Waals surface area contributed by atoms with Crippen molar-refractivity contribution in [3.63, 3.8) is 0 Å². The minimum atomic E-state index is -3.94. The first-order valence-electron chi connectivity index (χ1n) is 3.54. The van der Waals surface area contributed by atoms with Gasteiger partial charge in [0.05, 0.1) is 5.75 Å². The maximum atomic E-state index is 10.9. The molecule has 0 saturated heterocycles. The average molecular weight is 212 g/mol. The number of nitrogens with two attached hydrogens (primary N) is 1. The van der Waals surface area contributed by atoms with Crippen molar-refractivity contribution in [2.75, 3.05) is 11.5 Å². The molecule has 1 atom stereocenters. The van der Waals surface area contributed by atoms with E-state index in [0.29, 0.717) is 0 Å². The van der Waals surface area contributed by atoms with Gasteiger partial charge < -0.3 is 15.9 Å². The van der Waals surface area contributed by atoms with Crippen LogP contribution in [0.2, 0.25) is 0 Å². The summed E-state index contributed by atoms with van der Waals surface area (Å²) in [6.07, 6.45) is 0. The van der Waals surface area contributed by atoms with Gasteiger partial charge in [0.15, 0.2) is 9.84 Å². The molecule has 0 radical (unpaired) electrons. The van der Waals surface area contributed by atoms with Crippen molar-refractivity contribution in [1.29, 1.82) is 1.43 Å². The van der Waals surface area contributed by atoms with E-state index in [-0.39, 0.29) is 0 Å². The standard InChI is InChI=1S/C5H9NO6S/c6-3(5(9)10)1-13(11,12)2-4(7)8/h3H,1-2,6H2,(H,7,8)(H,9,10)/t3-/m0/s1/i/hD. The summed E-state index contributed by atoms with van der Waals surface area (Å²) in [5.74, 6) is -4.71. The van der Waals surface area contributed by atoms with E-state index in [0.717, 1.165) is 0 Å². The fourth-order valence-corrected chi connectivity index (χ4v) is 1.77. The Morgan fingerprint density at radius 2 is 2.08 bits per heavy atom. The molecule has 0 aliphatic carbocycles. The summed E-state index contributed by atoms with van der Waals surface area (Å²) in [5.41, 5.74) is 5.02. The van der Waals surface area contributed by atoms with Crippen molar-refractivity contribution in [3.8, 4) is 0 Å². The van der Waals surface area contributed by atoms with Gasteiger partial charge in [-0.2, -0.15) is 0 Å². The van der Waals surface area contributed by atoms with E-state index in [2.05, 4.69) is 5.11 Å². The van der Waals surface area contributed by atoms with Gasteiger partial charge in [0.25, 0.3) is 1.43 Å². The van der Waals surface area contributed by atoms with Crippen LogP contribution in [0.5, 0.6) is 0 Å². The lowest BCUT2D eigenvalue weighted by atomic mass is 10.4. The minimum absolute atomic E-state index is 0.850. The third kappa shape index (κ3) is 5.15. The number of sulfone groups is 1. The average Bonchev–Trinajstić information content (AvgIpc) is 1.99. The lowest BCUT2D eigenvalue weighted by Gasteiger charge is -2.04. The summed E-state index contributed by atoms with van der Waals surface area (Å²) in [5, 5.41) is 11.6. The fourth-order valence-electron chi connectivity index (χ4n) is 0.589. The molecule has 76 valence electrons. The SMILES string of the molecule is [2H]OC(=O)[C@@H](N)CS(=O)(=O)CC(=O)O. The molecule has 0 spiro atoms. The Morgan fingerprint density at radius 1 is 1.54 bits per heavy atom. The second-order valence-corrected chi connectivity index (χ2v) is 4.48. The molecular weight excluding hydrogens is 202 g/mol. The zero-order chi connectivity index (χ0) is 11.4. The van der Waals surface area contributed by atoms with E-state index in [9.17, 15) is 18.0 Å². The monoisotopic (exact) mass is 212 g/mol. The molecule has 8 heteroatoms. The Balaban J connectivity index is 4.37. The van der Waals surface area contributed by atoms with Crippen LogP contribution >= 0.6 is 0 Å². The van der Waals surface area contributed by atoms with Crippen LogP contribution in [-0.2, 0) is 19.4 Å². The number of aliphatic carboxylic acids is 2. The molecule has 0 unspecified atom stereocenters. The number of carboxylic acid groups (broad SMARTS) is 2. The van der Waals surface area contributed by atoms with Crippen LogP contribution in [0.3, 0.4) is 0 Å². The molecule has 0 heterocycles. The molecule has 0 fully saturated rings. The van der Waals surface area contributed by atoms with Gasteiger partial charge in [0, 0.05) is 0 Å². The summed E-state index contributed by atoms with van der Waals surface area (Å²) in [6, 6.07) is -1.53. The molecule has 0 aromatic rings. The van der Waals surface area contributed by atoms with Crippen LogP contribution in [0, 0.1) is 0 Å². The van der Waals surface area contributed by atoms with Crippen molar-refractivity contribution in [1.82, 2.24) is 0 Å². The molecule has 4 N–H and O–H groups in total. The van der Waals surface area contributed by atoms with Crippen LogP contribution in [0.1, 0.15) is 0 Å². The largest absolute Gasteiger partial charge is 0.480 e. The molecule has 0 saturated carbocycles. The van der Waals surface area contributed by atoms with Crippen LogP contribution in [-0.4, -0.2) is 48.1 Å². The third-order valence-electron chi connectivity index (χ3n) is 1.08. The molecule has 0 aromatic carbocycles. The normalized spacial score (nSPS) is 14.4. The van der Waals surface area contributed by atoms with Gasteiger partial charge in [-0.3, -0.25) is 9.59 Å². The molecule has 0 aromatic heterocycles. The highest BCUT2D eigenvalue weighted by atomic mass is 32.2. The first-order chi connectivity index (χ1) is 6.28. The highest BCUT2D eigenvalue weighted by Crippen LogP contribution is 1.93. The van der Waals surface area contributed by atoms with Crippen molar-refractivity contribution in [3.05, 3.63) is 0 Å². The maximum Gasteiger partial charge on any atom is 0.321 e. The maximum absolute atomic E-state index is 10.9. The van der Waals surface area contributed by atoms with Crippen LogP contribution < -0.4 is 5.73 Å². The Bertz CT molecular complexity index is 325. The second kappa shape index (κ2) is 4.19.